The molecule has 1 amide bonds. The predicted molar refractivity (Wildman–Crippen MR) is 74.5 cm³/mol. The van der Waals surface area contributed by atoms with E-state index >= 15 is 0 Å². The SMILES string of the molecule is CC/C(c1ccccc1)=S1/CC(=O)NC1=NC#N. The number of nitriles is 1. The molecule has 0 saturated carbocycles. The van der Waals surface area contributed by atoms with Crippen LogP contribution < -0.4 is 5.32 Å². The largest absolute Gasteiger partial charge is 0.304 e. The second-order valence-electron chi connectivity index (χ2n) is 3.74. The fourth-order valence-electron chi connectivity index (χ4n) is 1.89. The van der Waals surface area contributed by atoms with Crippen molar-refractivity contribution in [2.45, 2.75) is 13.3 Å². The number of amidine groups is 1. The first-order chi connectivity index (χ1) is 8.76. The minimum Gasteiger partial charge on any atom is -0.304 e. The average molecular weight is 259 g/mol. The van der Waals surface area contributed by atoms with E-state index in [0.29, 0.717) is 10.9 Å². The Hall–Kier alpha value is -1.93. The van der Waals surface area contributed by atoms with Gasteiger partial charge in [-0.05, 0) is 16.8 Å². The van der Waals surface area contributed by atoms with Gasteiger partial charge in [0.2, 0.25) is 12.1 Å². The van der Waals surface area contributed by atoms with E-state index < -0.39 is 10.5 Å². The molecule has 1 unspecified atom stereocenters. The van der Waals surface area contributed by atoms with E-state index in [0.717, 1.165) is 12.0 Å². The predicted octanol–water partition coefficient (Wildman–Crippen LogP) is 1.85. The Morgan fingerprint density at radius 2 is 2.22 bits per heavy atom. The van der Waals surface area contributed by atoms with Gasteiger partial charge in [-0.3, -0.25) is 4.79 Å². The molecule has 1 saturated heterocycles. The van der Waals surface area contributed by atoms with Gasteiger partial charge in [-0.25, -0.2) is 0 Å². The number of hydrogen-bond donors (Lipinski definition) is 1. The van der Waals surface area contributed by atoms with Crippen LogP contribution in [0.5, 0.6) is 0 Å². The van der Waals surface area contributed by atoms with Gasteiger partial charge >= 0.3 is 0 Å². The van der Waals surface area contributed by atoms with E-state index in [1.807, 2.05) is 30.3 Å². The Balaban J connectivity index is 2.53. The van der Waals surface area contributed by atoms with Gasteiger partial charge in [0.15, 0.2) is 5.17 Å². The number of aliphatic imine (C=N–C) groups is 1. The topological polar surface area (TPSA) is 65.2 Å². The maximum absolute atomic E-state index is 11.5. The highest BCUT2D eigenvalue weighted by atomic mass is 32.2. The highest BCUT2D eigenvalue weighted by Gasteiger charge is 2.24. The number of amides is 1. The molecule has 1 atom stereocenters. The standard InChI is InChI=1S/C13H13N3OS/c1-2-11(10-6-4-3-5-7-10)18-8-12(17)16-13(18)15-9-14/h3-7H,2,8H2,1H3,(H,15,16,17). The maximum atomic E-state index is 11.5. The Bertz CT molecular complexity index is 570. The van der Waals surface area contributed by atoms with Gasteiger partial charge < -0.3 is 5.32 Å². The number of carbonyl (C=O) groups is 1. The van der Waals surface area contributed by atoms with Gasteiger partial charge in [-0.15, -0.1) is 15.5 Å². The Morgan fingerprint density at radius 3 is 2.83 bits per heavy atom. The molecule has 4 nitrogen and oxygen atoms in total. The number of hydrogen-bond acceptors (Lipinski definition) is 3. The normalized spacial score (nSPS) is 21.6. The van der Waals surface area contributed by atoms with Crippen LogP contribution in [0.1, 0.15) is 18.9 Å². The van der Waals surface area contributed by atoms with Crippen molar-refractivity contribution < 1.29 is 4.79 Å². The van der Waals surface area contributed by atoms with E-state index in [-0.39, 0.29) is 5.91 Å². The Labute approximate surface area is 108 Å². The summed E-state index contributed by atoms with van der Waals surface area (Å²) < 4.78 is 0. The molecule has 0 aliphatic carbocycles. The highest BCUT2D eigenvalue weighted by Crippen LogP contribution is 2.26. The van der Waals surface area contributed by atoms with Crippen molar-refractivity contribution in [1.29, 1.82) is 5.26 Å². The molecule has 1 aliphatic rings. The molecule has 1 fully saturated rings. The lowest BCUT2D eigenvalue weighted by molar-refractivity contribution is -0.116. The Morgan fingerprint density at radius 1 is 1.50 bits per heavy atom. The summed E-state index contributed by atoms with van der Waals surface area (Å²) >= 11 is 0. The number of nitrogens with zero attached hydrogens (tertiary/aromatic N) is 2. The van der Waals surface area contributed by atoms with Gasteiger partial charge in [0.25, 0.3) is 0 Å². The van der Waals surface area contributed by atoms with Crippen LogP contribution in [0.4, 0.5) is 0 Å². The van der Waals surface area contributed by atoms with Crippen molar-refractivity contribution >= 4 is 26.4 Å². The third-order valence-electron chi connectivity index (χ3n) is 2.62. The monoisotopic (exact) mass is 259 g/mol. The van der Waals surface area contributed by atoms with Crippen LogP contribution in [0.15, 0.2) is 35.3 Å². The zero-order chi connectivity index (χ0) is 13.0. The van der Waals surface area contributed by atoms with Crippen LogP contribution in [0.25, 0.3) is 0 Å². The summed E-state index contributed by atoms with van der Waals surface area (Å²) in [6.07, 6.45) is 2.60. The molecule has 2 rings (SSSR count). The second kappa shape index (κ2) is 5.61. The minimum absolute atomic E-state index is 0.0609. The Kier molecular flexibility index (Phi) is 3.90. The van der Waals surface area contributed by atoms with Crippen LogP contribution in [0.3, 0.4) is 0 Å². The summed E-state index contributed by atoms with van der Waals surface area (Å²) in [5, 5.41) is 11.8. The first-order valence-electron chi connectivity index (χ1n) is 5.65. The van der Waals surface area contributed by atoms with Crippen LogP contribution >= 0.6 is 10.5 Å². The molecule has 0 radical (unpaired) electrons. The molecule has 1 aromatic rings. The van der Waals surface area contributed by atoms with Crippen molar-refractivity contribution in [1.82, 2.24) is 5.32 Å². The summed E-state index contributed by atoms with van der Waals surface area (Å²) in [6, 6.07) is 9.96. The molecule has 0 aromatic heterocycles. The third-order valence-corrected chi connectivity index (χ3v) is 4.95. The number of carbonyl (C=O) groups excluding carboxylic acids is 1. The highest BCUT2D eigenvalue weighted by molar-refractivity contribution is 8.29. The summed E-state index contributed by atoms with van der Waals surface area (Å²) in [4.78, 5) is 16.4. The fraction of sp³-hybridized carbons (Fsp3) is 0.231. The first-order valence-corrected chi connectivity index (χ1v) is 7.04. The lowest BCUT2D eigenvalue weighted by Gasteiger charge is -2.09. The smallest absolute Gasteiger partial charge is 0.235 e. The van der Waals surface area contributed by atoms with Crippen molar-refractivity contribution in [2.24, 2.45) is 4.99 Å². The van der Waals surface area contributed by atoms with Crippen molar-refractivity contribution in [3.8, 4) is 6.19 Å². The number of benzene rings is 1. The quantitative estimate of drug-likeness (QED) is 0.500. The maximum Gasteiger partial charge on any atom is 0.235 e. The zero-order valence-electron chi connectivity index (χ0n) is 10.0. The van der Waals surface area contributed by atoms with E-state index in [2.05, 4.69) is 17.2 Å². The van der Waals surface area contributed by atoms with Gasteiger partial charge in [-0.1, -0.05) is 37.3 Å². The zero-order valence-corrected chi connectivity index (χ0v) is 10.8. The lowest BCUT2D eigenvalue weighted by atomic mass is 10.1. The van der Waals surface area contributed by atoms with Crippen LogP contribution in [-0.2, 0) is 4.79 Å². The first kappa shape index (κ1) is 12.5. The van der Waals surface area contributed by atoms with E-state index in [1.54, 1.807) is 6.19 Å². The van der Waals surface area contributed by atoms with Crippen LogP contribution in [0.2, 0.25) is 0 Å². The molecule has 1 heterocycles. The molecule has 92 valence electrons. The molecular weight excluding hydrogens is 246 g/mol. The molecule has 0 spiro atoms. The van der Waals surface area contributed by atoms with Crippen LogP contribution in [0, 0.1) is 11.5 Å². The van der Waals surface area contributed by atoms with Crippen molar-refractivity contribution in [3.05, 3.63) is 35.9 Å². The number of nitrogens with one attached hydrogen (secondary N) is 1. The summed E-state index contributed by atoms with van der Waals surface area (Å²) in [5.74, 6) is 0.340. The molecular formula is C13H13N3OS. The summed E-state index contributed by atoms with van der Waals surface area (Å²) in [6.45, 7) is 2.06. The molecule has 18 heavy (non-hydrogen) atoms. The average Bonchev–Trinajstić information content (AvgIpc) is 2.73. The minimum atomic E-state index is -0.400. The third kappa shape index (κ3) is 2.49. The molecule has 1 N–H and O–H groups in total. The van der Waals surface area contributed by atoms with Crippen molar-refractivity contribution in [2.75, 3.05) is 5.75 Å². The molecule has 0 bridgehead atoms. The van der Waals surface area contributed by atoms with E-state index in [4.69, 9.17) is 5.26 Å². The van der Waals surface area contributed by atoms with Gasteiger partial charge in [0.1, 0.15) is 0 Å². The van der Waals surface area contributed by atoms with Crippen LogP contribution in [-0.4, -0.2) is 21.7 Å². The lowest BCUT2D eigenvalue weighted by Crippen LogP contribution is -2.20. The summed E-state index contributed by atoms with van der Waals surface area (Å²) in [7, 11) is -0.400. The second-order valence-corrected chi connectivity index (χ2v) is 5.69. The summed E-state index contributed by atoms with van der Waals surface area (Å²) in [5.41, 5.74) is 1.12. The molecule has 1 aliphatic heterocycles. The molecule has 5 heteroatoms. The molecule has 1 aromatic carbocycles. The fourth-order valence-corrected chi connectivity index (χ4v) is 3.93. The van der Waals surface area contributed by atoms with E-state index in [1.165, 1.54) is 4.86 Å². The van der Waals surface area contributed by atoms with Gasteiger partial charge in [0, 0.05) is 0 Å². The van der Waals surface area contributed by atoms with Gasteiger partial charge in [0.05, 0.1) is 5.75 Å². The number of rotatable bonds is 2. The van der Waals surface area contributed by atoms with E-state index in [9.17, 15) is 4.79 Å². The van der Waals surface area contributed by atoms with Crippen molar-refractivity contribution in [3.63, 3.8) is 0 Å². The van der Waals surface area contributed by atoms with Gasteiger partial charge in [-0.2, -0.15) is 5.26 Å².